The van der Waals surface area contributed by atoms with E-state index in [0.29, 0.717) is 13.1 Å². The van der Waals surface area contributed by atoms with Gasteiger partial charge in [0.1, 0.15) is 0 Å². The lowest BCUT2D eigenvalue weighted by molar-refractivity contribution is -0.144. The Labute approximate surface area is 126 Å². The molecule has 2 fully saturated rings. The third kappa shape index (κ3) is 4.68. The molecule has 6 heteroatoms. The van der Waals surface area contributed by atoms with Gasteiger partial charge in [0.25, 0.3) is 0 Å². The highest BCUT2D eigenvalue weighted by Crippen LogP contribution is 2.29. The summed E-state index contributed by atoms with van der Waals surface area (Å²) in [5.74, 6) is -0.640. The number of aliphatic carboxylic acids is 1. The van der Waals surface area contributed by atoms with Gasteiger partial charge in [-0.3, -0.25) is 9.59 Å². The molecule has 2 unspecified atom stereocenters. The molecular formula is C15H27N3O3. The molecule has 2 aliphatic rings. The molecule has 2 rings (SSSR count). The number of carboxylic acids is 1. The molecule has 0 radical (unpaired) electrons. The SMILES string of the molecule is CN1CCN(C(=O)CNCC2CCCCC2C(=O)O)CC1. The summed E-state index contributed by atoms with van der Waals surface area (Å²) in [4.78, 5) is 27.4. The van der Waals surface area contributed by atoms with Crippen molar-refractivity contribution in [3.8, 4) is 0 Å². The fraction of sp³-hybridized carbons (Fsp3) is 0.867. The maximum absolute atomic E-state index is 12.1. The van der Waals surface area contributed by atoms with Crippen LogP contribution in [0, 0.1) is 11.8 Å². The number of rotatable bonds is 5. The second kappa shape index (κ2) is 7.75. The van der Waals surface area contributed by atoms with Gasteiger partial charge < -0.3 is 20.2 Å². The van der Waals surface area contributed by atoms with Crippen molar-refractivity contribution in [3.63, 3.8) is 0 Å². The van der Waals surface area contributed by atoms with E-state index in [1.165, 1.54) is 0 Å². The Morgan fingerprint density at radius 2 is 1.81 bits per heavy atom. The molecule has 1 aliphatic heterocycles. The van der Waals surface area contributed by atoms with Crippen molar-refractivity contribution < 1.29 is 14.7 Å². The number of piperazine rings is 1. The summed E-state index contributed by atoms with van der Waals surface area (Å²) >= 11 is 0. The first-order valence-electron chi connectivity index (χ1n) is 7.98. The number of likely N-dealkylation sites (N-methyl/N-ethyl adjacent to an activating group) is 1. The first-order chi connectivity index (χ1) is 10.1. The van der Waals surface area contributed by atoms with Crippen LogP contribution in [-0.4, -0.2) is 73.1 Å². The van der Waals surface area contributed by atoms with Crippen molar-refractivity contribution in [1.82, 2.24) is 15.1 Å². The molecule has 1 saturated heterocycles. The minimum atomic E-state index is -0.688. The van der Waals surface area contributed by atoms with Crippen molar-refractivity contribution in [1.29, 1.82) is 0 Å². The number of carboxylic acid groups (broad SMARTS) is 1. The van der Waals surface area contributed by atoms with Crippen molar-refractivity contribution in [3.05, 3.63) is 0 Å². The molecule has 1 aliphatic carbocycles. The van der Waals surface area contributed by atoms with Gasteiger partial charge >= 0.3 is 5.97 Å². The van der Waals surface area contributed by atoms with E-state index in [-0.39, 0.29) is 17.7 Å². The van der Waals surface area contributed by atoms with E-state index in [9.17, 15) is 14.7 Å². The lowest BCUT2D eigenvalue weighted by Crippen LogP contribution is -2.50. The smallest absolute Gasteiger partial charge is 0.306 e. The molecule has 0 aromatic rings. The Morgan fingerprint density at radius 3 is 2.48 bits per heavy atom. The van der Waals surface area contributed by atoms with Gasteiger partial charge in [-0.25, -0.2) is 0 Å². The average molecular weight is 297 g/mol. The molecule has 0 bridgehead atoms. The van der Waals surface area contributed by atoms with Crippen molar-refractivity contribution in [2.75, 3.05) is 46.3 Å². The van der Waals surface area contributed by atoms with Gasteiger partial charge in [0.05, 0.1) is 12.5 Å². The number of nitrogens with one attached hydrogen (secondary N) is 1. The fourth-order valence-corrected chi connectivity index (χ4v) is 3.31. The molecule has 0 spiro atoms. The summed E-state index contributed by atoms with van der Waals surface area (Å²) in [7, 11) is 2.06. The number of carbonyl (C=O) groups excluding carboxylic acids is 1. The largest absolute Gasteiger partial charge is 0.481 e. The Hall–Kier alpha value is -1.14. The van der Waals surface area contributed by atoms with Gasteiger partial charge in [0.15, 0.2) is 0 Å². The molecule has 1 amide bonds. The monoisotopic (exact) mass is 297 g/mol. The predicted molar refractivity (Wildman–Crippen MR) is 80.0 cm³/mol. The van der Waals surface area contributed by atoms with E-state index in [1.807, 2.05) is 4.90 Å². The third-order valence-electron chi connectivity index (χ3n) is 4.77. The summed E-state index contributed by atoms with van der Waals surface area (Å²) in [6.07, 6.45) is 3.83. The van der Waals surface area contributed by atoms with E-state index >= 15 is 0 Å². The van der Waals surface area contributed by atoms with E-state index in [4.69, 9.17) is 0 Å². The molecule has 0 aromatic carbocycles. The zero-order valence-electron chi connectivity index (χ0n) is 12.9. The molecule has 6 nitrogen and oxygen atoms in total. The molecular weight excluding hydrogens is 270 g/mol. The first kappa shape index (κ1) is 16.2. The molecule has 1 heterocycles. The lowest BCUT2D eigenvalue weighted by atomic mass is 9.79. The van der Waals surface area contributed by atoms with Crippen molar-refractivity contribution in [2.45, 2.75) is 25.7 Å². The number of hydrogen-bond acceptors (Lipinski definition) is 4. The Kier molecular flexibility index (Phi) is 5.99. The van der Waals surface area contributed by atoms with Crippen LogP contribution < -0.4 is 5.32 Å². The summed E-state index contributed by atoms with van der Waals surface area (Å²) in [6, 6.07) is 0. The average Bonchev–Trinajstić information content (AvgIpc) is 2.48. The lowest BCUT2D eigenvalue weighted by Gasteiger charge is -2.33. The van der Waals surface area contributed by atoms with Crippen LogP contribution in [-0.2, 0) is 9.59 Å². The van der Waals surface area contributed by atoms with Crippen LogP contribution in [0.4, 0.5) is 0 Å². The van der Waals surface area contributed by atoms with E-state index in [2.05, 4.69) is 17.3 Å². The second-order valence-corrected chi connectivity index (χ2v) is 6.30. The standard InChI is InChI=1S/C15H27N3O3/c1-17-6-8-18(9-7-17)14(19)11-16-10-12-4-2-3-5-13(12)15(20)21/h12-13,16H,2-11H2,1H3,(H,20,21). The summed E-state index contributed by atoms with van der Waals surface area (Å²) in [5.41, 5.74) is 0. The van der Waals surface area contributed by atoms with Crippen LogP contribution in [0.5, 0.6) is 0 Å². The molecule has 0 aromatic heterocycles. The Bertz CT molecular complexity index is 367. The number of nitrogens with zero attached hydrogens (tertiary/aromatic N) is 2. The maximum atomic E-state index is 12.1. The highest BCUT2D eigenvalue weighted by Gasteiger charge is 2.30. The molecule has 1 saturated carbocycles. The van der Waals surface area contributed by atoms with Crippen LogP contribution in [0.2, 0.25) is 0 Å². The van der Waals surface area contributed by atoms with Gasteiger partial charge in [-0.15, -0.1) is 0 Å². The third-order valence-corrected chi connectivity index (χ3v) is 4.77. The normalized spacial score (nSPS) is 27.6. The van der Waals surface area contributed by atoms with Crippen LogP contribution in [0.1, 0.15) is 25.7 Å². The van der Waals surface area contributed by atoms with Crippen LogP contribution in [0.15, 0.2) is 0 Å². The van der Waals surface area contributed by atoms with Crippen LogP contribution >= 0.6 is 0 Å². The Morgan fingerprint density at radius 1 is 1.14 bits per heavy atom. The van der Waals surface area contributed by atoms with Gasteiger partial charge in [-0.1, -0.05) is 12.8 Å². The van der Waals surface area contributed by atoms with E-state index < -0.39 is 5.97 Å². The molecule has 2 atom stereocenters. The number of carbonyl (C=O) groups is 2. The van der Waals surface area contributed by atoms with Gasteiger partial charge in [0, 0.05) is 26.2 Å². The first-order valence-corrected chi connectivity index (χ1v) is 7.98. The topological polar surface area (TPSA) is 72.9 Å². The Balaban J connectivity index is 1.70. The van der Waals surface area contributed by atoms with Crippen molar-refractivity contribution >= 4 is 11.9 Å². The van der Waals surface area contributed by atoms with Crippen molar-refractivity contribution in [2.24, 2.45) is 11.8 Å². The van der Waals surface area contributed by atoms with E-state index in [1.54, 1.807) is 0 Å². The zero-order valence-corrected chi connectivity index (χ0v) is 12.9. The fourth-order valence-electron chi connectivity index (χ4n) is 3.31. The second-order valence-electron chi connectivity index (χ2n) is 6.30. The molecule has 21 heavy (non-hydrogen) atoms. The highest BCUT2D eigenvalue weighted by atomic mass is 16.4. The van der Waals surface area contributed by atoms with Gasteiger partial charge in [-0.2, -0.15) is 0 Å². The quantitative estimate of drug-likeness (QED) is 0.760. The van der Waals surface area contributed by atoms with Crippen LogP contribution in [0.3, 0.4) is 0 Å². The predicted octanol–water partition coefficient (Wildman–Crippen LogP) is 0.241. The minimum Gasteiger partial charge on any atom is -0.481 e. The molecule has 2 N–H and O–H groups in total. The van der Waals surface area contributed by atoms with Gasteiger partial charge in [0.2, 0.25) is 5.91 Å². The summed E-state index contributed by atoms with van der Waals surface area (Å²) < 4.78 is 0. The summed E-state index contributed by atoms with van der Waals surface area (Å²) in [5, 5.41) is 12.4. The number of amides is 1. The van der Waals surface area contributed by atoms with Crippen LogP contribution in [0.25, 0.3) is 0 Å². The zero-order chi connectivity index (χ0) is 15.2. The number of hydrogen-bond donors (Lipinski definition) is 2. The molecule has 120 valence electrons. The van der Waals surface area contributed by atoms with E-state index in [0.717, 1.165) is 51.9 Å². The van der Waals surface area contributed by atoms with Gasteiger partial charge in [-0.05, 0) is 32.4 Å². The highest BCUT2D eigenvalue weighted by molar-refractivity contribution is 5.78. The maximum Gasteiger partial charge on any atom is 0.306 e. The minimum absolute atomic E-state index is 0.130. The summed E-state index contributed by atoms with van der Waals surface area (Å²) in [6.45, 7) is 4.39.